The molecular weight excluding hydrogens is 995 g/mol. The monoisotopic (exact) mass is 1060 g/mol. The van der Waals surface area contributed by atoms with E-state index in [0.717, 1.165) is 22.8 Å². The Kier molecular flexibility index (Phi) is 14.7. The quantitative estimate of drug-likeness (QED) is 0.350. The second kappa shape index (κ2) is 14.1. The van der Waals surface area contributed by atoms with Crippen LogP contribution in [0.15, 0.2) is 0 Å². The van der Waals surface area contributed by atoms with E-state index < -0.39 is 98.4 Å². The Morgan fingerprint density at radius 2 is 1.25 bits per heavy atom. The maximum absolute atomic E-state index is 7.02. The van der Waals surface area contributed by atoms with Gasteiger partial charge >= 0.3 is 301 Å². The standard InChI is InChI=1S/4C6H15NOSi.4Sn.4H/c4*1-6(2,3)7-9(4,5)8;;;;;;;;/h4*1-5H3;;;;;;;;/q4*-2;+1;2*+2;+3;;;;. The first-order chi connectivity index (χ1) is 17.3. The summed E-state index contributed by atoms with van der Waals surface area (Å²) < 4.78 is 36.8. The Hall–Kier alpha value is 3.74. The summed E-state index contributed by atoms with van der Waals surface area (Å²) in [5.74, 6) is 0. The van der Waals surface area contributed by atoms with E-state index in [9.17, 15) is 0 Å². The van der Waals surface area contributed by atoms with Crippen LogP contribution in [0.5, 0.6) is 0 Å². The predicted octanol–water partition coefficient (Wildman–Crippen LogP) is 4.34. The van der Waals surface area contributed by atoms with Gasteiger partial charge in [-0.05, 0) is 0 Å². The molecule has 4 radical (unpaired) electrons. The molecule has 0 aromatic heterocycles. The van der Waals surface area contributed by atoms with E-state index in [1.54, 1.807) is 0 Å². The van der Waals surface area contributed by atoms with Crippen molar-refractivity contribution in [3.05, 3.63) is 0 Å². The first kappa shape index (κ1) is 41.8. The van der Waals surface area contributed by atoms with Crippen LogP contribution in [0.2, 0.25) is 52.4 Å². The summed E-state index contributed by atoms with van der Waals surface area (Å²) in [5, 5.41) is 0. The van der Waals surface area contributed by atoms with Gasteiger partial charge in [-0.25, -0.2) is 0 Å². The second-order valence-corrected chi connectivity index (χ2v) is 54.2. The summed E-state index contributed by atoms with van der Waals surface area (Å²) in [6, 6.07) is 0. The molecule has 236 valence electrons. The Morgan fingerprint density at radius 1 is 0.775 bits per heavy atom. The number of rotatable bonds is 7. The Bertz CT molecular complexity index is 840. The van der Waals surface area contributed by atoms with Crippen LogP contribution in [-0.2, 0) is 11.1 Å². The maximum atomic E-state index is 7.02. The number of nitrogens with zero attached hydrogens (tertiary/aromatic N) is 4. The van der Waals surface area contributed by atoms with Gasteiger partial charge in [0.2, 0.25) is 0 Å². The summed E-state index contributed by atoms with van der Waals surface area (Å²) in [7, 11) is -7.04. The minimum absolute atomic E-state index is 0.0629. The molecule has 1 unspecified atom stereocenters. The molecule has 2 aliphatic rings. The zero-order chi connectivity index (χ0) is 32.1. The van der Waals surface area contributed by atoms with E-state index in [1.165, 1.54) is 0 Å². The molecule has 16 heteroatoms. The van der Waals surface area contributed by atoms with E-state index in [1.807, 2.05) is 0 Å². The van der Waals surface area contributed by atoms with Crippen molar-refractivity contribution >= 4 is 121 Å². The number of hydrogen-bond donors (Lipinski definition) is 0. The van der Waals surface area contributed by atoms with Crippen molar-refractivity contribution in [3.8, 4) is 0 Å². The second-order valence-electron chi connectivity index (χ2n) is 16.9. The zero-order valence-corrected chi connectivity index (χ0v) is 46.9. The average Bonchev–Trinajstić information content (AvgIpc) is 2.60. The van der Waals surface area contributed by atoms with Crippen molar-refractivity contribution < 1.29 is 11.1 Å². The Balaban J connectivity index is 0.000000667. The molecule has 0 aliphatic carbocycles. The molecule has 0 N–H and O–H groups in total. The van der Waals surface area contributed by atoms with E-state index in [2.05, 4.69) is 147 Å². The van der Waals surface area contributed by atoms with E-state index >= 15 is 0 Å². The van der Waals surface area contributed by atoms with Crippen LogP contribution in [0.4, 0.5) is 0 Å². The molecule has 1 atom stereocenters. The summed E-state index contributed by atoms with van der Waals surface area (Å²) in [6.45, 7) is 46.4. The molecule has 2 fully saturated rings. The van der Waals surface area contributed by atoms with Gasteiger partial charge in [0.1, 0.15) is 0 Å². The summed E-state index contributed by atoms with van der Waals surface area (Å²) >= 11 is -3.73. The molecule has 0 aromatic carbocycles. The molecule has 2 rings (SSSR count). The van der Waals surface area contributed by atoms with Crippen LogP contribution < -0.4 is 0 Å². The van der Waals surface area contributed by atoms with Crippen LogP contribution in [-0.4, -0.2) is 155 Å². The van der Waals surface area contributed by atoms with Crippen LogP contribution in [0.25, 0.3) is 0 Å². The number of hydrogen-bond acceptors (Lipinski definition) is 8. The van der Waals surface area contributed by atoms with Gasteiger partial charge in [0.15, 0.2) is 0 Å². The van der Waals surface area contributed by atoms with Crippen LogP contribution in [0, 0.1) is 0 Å². The van der Waals surface area contributed by atoms with Crippen molar-refractivity contribution in [3.63, 3.8) is 0 Å². The Labute approximate surface area is 297 Å². The molecule has 0 bridgehead atoms. The van der Waals surface area contributed by atoms with Crippen LogP contribution in [0.1, 0.15) is 83.1 Å². The summed E-state index contributed by atoms with van der Waals surface area (Å²) in [6.07, 6.45) is 0. The summed E-state index contributed by atoms with van der Waals surface area (Å²) in [4.78, 5) is 0. The fourth-order valence-electron chi connectivity index (χ4n) is 5.49. The molecular formula is C24H64N4O4Si4Sn4. The third-order valence-corrected chi connectivity index (χ3v) is 77.7. The zero-order valence-electron chi connectivity index (χ0n) is 29.7. The predicted molar refractivity (Wildman–Crippen MR) is 189 cm³/mol. The van der Waals surface area contributed by atoms with Gasteiger partial charge in [0, 0.05) is 0 Å². The first-order valence-electron chi connectivity index (χ1n) is 14.6. The van der Waals surface area contributed by atoms with Gasteiger partial charge in [0.05, 0.1) is 0 Å². The van der Waals surface area contributed by atoms with Gasteiger partial charge in [-0.2, -0.15) is 0 Å². The minimum atomic E-state index is -2.66. The molecule has 0 amide bonds. The topological polar surface area (TPSA) is 49.9 Å². The van der Waals surface area contributed by atoms with E-state index in [4.69, 9.17) is 11.1 Å². The summed E-state index contributed by atoms with van der Waals surface area (Å²) in [5.41, 5.74) is 0.761. The van der Waals surface area contributed by atoms with Gasteiger partial charge < -0.3 is 0 Å². The van der Waals surface area contributed by atoms with Crippen molar-refractivity contribution in [2.45, 2.75) is 158 Å². The van der Waals surface area contributed by atoms with E-state index in [-0.39, 0.29) is 16.6 Å². The third kappa shape index (κ3) is 11.5. The molecule has 2 aliphatic heterocycles. The van der Waals surface area contributed by atoms with Crippen LogP contribution in [0.3, 0.4) is 0 Å². The van der Waals surface area contributed by atoms with Crippen molar-refractivity contribution in [1.29, 1.82) is 0 Å². The molecule has 0 saturated carbocycles. The molecule has 2 saturated heterocycles. The SMILES string of the molecule is CC(C)(C)[N]([SnH])[Si](C)(C)[O][SnH][N](C(C)(C)C)[Si](C)(C)[O][SnH]1[O][Si](C)(C)[N]1C(C)(C)C.CC(C)(C)[N]1[SnH][O][Si]1(C)C. The molecule has 8 nitrogen and oxygen atoms in total. The van der Waals surface area contributed by atoms with Crippen molar-refractivity contribution in [2.75, 3.05) is 0 Å². The van der Waals surface area contributed by atoms with Crippen molar-refractivity contribution in [1.82, 2.24) is 11.1 Å². The average molecular weight is 1060 g/mol. The fourth-order valence-corrected chi connectivity index (χ4v) is 56.7. The van der Waals surface area contributed by atoms with Gasteiger partial charge in [-0.3, -0.25) is 0 Å². The van der Waals surface area contributed by atoms with E-state index in [0.29, 0.717) is 5.54 Å². The molecule has 0 spiro atoms. The molecule has 0 aromatic rings. The van der Waals surface area contributed by atoms with Gasteiger partial charge in [-0.1, -0.05) is 0 Å². The van der Waals surface area contributed by atoms with Crippen LogP contribution >= 0.6 is 0 Å². The Morgan fingerprint density at radius 3 is 1.50 bits per heavy atom. The van der Waals surface area contributed by atoms with Crippen molar-refractivity contribution in [2.24, 2.45) is 0 Å². The normalized spacial score (nSPS) is 23.0. The molecule has 40 heavy (non-hydrogen) atoms. The van der Waals surface area contributed by atoms with Gasteiger partial charge in [0.25, 0.3) is 0 Å². The fraction of sp³-hybridized carbons (Fsp3) is 1.00. The van der Waals surface area contributed by atoms with Gasteiger partial charge in [-0.15, -0.1) is 0 Å². The third-order valence-electron chi connectivity index (χ3n) is 7.09. The first-order valence-corrected chi connectivity index (χ1v) is 37.3. The molecule has 2 heterocycles.